The molecular weight excluding hydrogens is 218 g/mol. The Bertz CT molecular complexity index is 300. The summed E-state index contributed by atoms with van der Waals surface area (Å²) in [5.41, 5.74) is 0. The zero-order valence-corrected chi connectivity index (χ0v) is 11.7. The fourth-order valence-electron chi connectivity index (χ4n) is 5.78. The third kappa shape index (κ3) is 2.13. The number of rotatable bonds is 2. The molecule has 4 aliphatic rings. The Labute approximate surface area is 112 Å². The molecule has 0 aliphatic heterocycles. The van der Waals surface area contributed by atoms with E-state index in [1.807, 2.05) is 0 Å². The Morgan fingerprint density at radius 1 is 0.611 bits per heavy atom. The predicted molar refractivity (Wildman–Crippen MR) is 75.5 cm³/mol. The van der Waals surface area contributed by atoms with E-state index < -0.39 is 0 Å². The molecule has 6 unspecified atom stereocenters. The van der Waals surface area contributed by atoms with Gasteiger partial charge in [0.15, 0.2) is 0 Å². The van der Waals surface area contributed by atoms with Crippen LogP contribution < -0.4 is 5.32 Å². The van der Waals surface area contributed by atoms with E-state index in [0.29, 0.717) is 0 Å². The van der Waals surface area contributed by atoms with Crippen LogP contribution in [-0.2, 0) is 0 Å². The third-order valence-electron chi connectivity index (χ3n) is 6.73. The lowest BCUT2D eigenvalue weighted by Gasteiger charge is -2.41. The Kier molecular flexibility index (Phi) is 3.14. The lowest BCUT2D eigenvalue weighted by molar-refractivity contribution is 0.133. The highest BCUT2D eigenvalue weighted by Gasteiger charge is 2.41. The average Bonchev–Trinajstić information content (AvgIpc) is 3.01. The van der Waals surface area contributed by atoms with Gasteiger partial charge in [-0.15, -0.1) is 0 Å². The van der Waals surface area contributed by atoms with Gasteiger partial charge in [0, 0.05) is 12.1 Å². The van der Waals surface area contributed by atoms with E-state index in [2.05, 4.69) is 5.32 Å². The monoisotopic (exact) mass is 247 g/mol. The molecule has 1 nitrogen and oxygen atoms in total. The minimum Gasteiger partial charge on any atom is -0.311 e. The van der Waals surface area contributed by atoms with E-state index in [1.54, 1.807) is 19.3 Å². The first-order valence-electron chi connectivity index (χ1n) is 8.64. The lowest BCUT2D eigenvalue weighted by Crippen LogP contribution is -2.45. The summed E-state index contributed by atoms with van der Waals surface area (Å²) in [5, 5.41) is 4.08. The summed E-state index contributed by atoms with van der Waals surface area (Å²) in [4.78, 5) is 0. The van der Waals surface area contributed by atoms with Crippen molar-refractivity contribution in [1.29, 1.82) is 0 Å². The lowest BCUT2D eigenvalue weighted by atomic mass is 9.69. The molecule has 0 spiro atoms. The van der Waals surface area contributed by atoms with Crippen molar-refractivity contribution in [3.8, 4) is 0 Å². The first-order chi connectivity index (χ1) is 8.88. The molecule has 0 saturated heterocycles. The van der Waals surface area contributed by atoms with Crippen LogP contribution in [0.3, 0.4) is 0 Å². The van der Waals surface area contributed by atoms with Crippen LogP contribution in [0, 0.1) is 23.7 Å². The second-order valence-electron chi connectivity index (χ2n) is 7.76. The molecular formula is C17H29N. The molecule has 4 rings (SSSR count). The molecule has 0 aromatic rings. The normalized spacial score (nSPS) is 51.3. The highest BCUT2D eigenvalue weighted by molar-refractivity contribution is 4.96. The summed E-state index contributed by atoms with van der Waals surface area (Å²) in [6.45, 7) is 0. The van der Waals surface area contributed by atoms with Crippen LogP contribution in [0.1, 0.15) is 70.6 Å². The SMILES string of the molecule is C1CCC2CC(NC3CC4CCC3C4)CCC2C1. The predicted octanol–water partition coefficient (Wildman–Crippen LogP) is 4.12. The van der Waals surface area contributed by atoms with E-state index in [0.717, 1.165) is 35.8 Å². The molecule has 0 aromatic carbocycles. The minimum atomic E-state index is 0.883. The van der Waals surface area contributed by atoms with Gasteiger partial charge in [-0.2, -0.15) is 0 Å². The molecule has 0 heterocycles. The molecule has 0 amide bonds. The van der Waals surface area contributed by atoms with Crippen LogP contribution in [0.25, 0.3) is 0 Å². The quantitative estimate of drug-likeness (QED) is 0.774. The second-order valence-corrected chi connectivity index (χ2v) is 7.76. The molecule has 18 heavy (non-hydrogen) atoms. The molecule has 0 radical (unpaired) electrons. The maximum absolute atomic E-state index is 4.08. The van der Waals surface area contributed by atoms with E-state index >= 15 is 0 Å². The van der Waals surface area contributed by atoms with Gasteiger partial charge >= 0.3 is 0 Å². The fourth-order valence-corrected chi connectivity index (χ4v) is 5.78. The smallest absolute Gasteiger partial charge is 0.0101 e. The van der Waals surface area contributed by atoms with E-state index in [9.17, 15) is 0 Å². The van der Waals surface area contributed by atoms with Crippen molar-refractivity contribution in [2.75, 3.05) is 0 Å². The standard InChI is InChI=1S/C17H29N/c1-2-4-14-11-16(8-7-13(14)3-1)18-17-10-12-5-6-15(17)9-12/h12-18H,1-11H2. The van der Waals surface area contributed by atoms with Crippen LogP contribution in [0.15, 0.2) is 0 Å². The Morgan fingerprint density at radius 3 is 2.22 bits per heavy atom. The van der Waals surface area contributed by atoms with Crippen molar-refractivity contribution in [2.24, 2.45) is 23.7 Å². The van der Waals surface area contributed by atoms with E-state index in [4.69, 9.17) is 0 Å². The van der Waals surface area contributed by atoms with Gasteiger partial charge in [-0.1, -0.05) is 32.1 Å². The maximum Gasteiger partial charge on any atom is 0.0101 e. The van der Waals surface area contributed by atoms with Crippen molar-refractivity contribution in [2.45, 2.75) is 82.7 Å². The van der Waals surface area contributed by atoms with Crippen LogP contribution in [0.5, 0.6) is 0 Å². The molecule has 0 aromatic heterocycles. The molecule has 4 saturated carbocycles. The van der Waals surface area contributed by atoms with Gasteiger partial charge in [0.25, 0.3) is 0 Å². The summed E-state index contributed by atoms with van der Waals surface area (Å²) >= 11 is 0. The molecule has 2 bridgehead atoms. The van der Waals surface area contributed by atoms with E-state index in [-0.39, 0.29) is 0 Å². The van der Waals surface area contributed by atoms with Gasteiger partial charge in [0.05, 0.1) is 0 Å². The van der Waals surface area contributed by atoms with Crippen molar-refractivity contribution in [1.82, 2.24) is 5.32 Å². The van der Waals surface area contributed by atoms with Crippen LogP contribution in [0.4, 0.5) is 0 Å². The number of fused-ring (bicyclic) bond motifs is 3. The average molecular weight is 247 g/mol. The Hall–Kier alpha value is -0.0400. The molecule has 6 atom stereocenters. The van der Waals surface area contributed by atoms with Gasteiger partial charge in [0.1, 0.15) is 0 Å². The van der Waals surface area contributed by atoms with E-state index in [1.165, 1.54) is 51.4 Å². The Balaban J connectivity index is 1.33. The van der Waals surface area contributed by atoms with Crippen molar-refractivity contribution in [3.05, 3.63) is 0 Å². The van der Waals surface area contributed by atoms with Gasteiger partial charge in [0.2, 0.25) is 0 Å². The largest absolute Gasteiger partial charge is 0.311 e. The summed E-state index contributed by atoms with van der Waals surface area (Å²) in [6, 6.07) is 1.79. The second kappa shape index (κ2) is 4.81. The molecule has 102 valence electrons. The van der Waals surface area contributed by atoms with Crippen molar-refractivity contribution < 1.29 is 0 Å². The van der Waals surface area contributed by atoms with Gasteiger partial charge in [-0.05, 0) is 62.2 Å². The molecule has 1 heteroatoms. The molecule has 4 fully saturated rings. The minimum absolute atomic E-state index is 0.883. The Morgan fingerprint density at radius 2 is 1.44 bits per heavy atom. The molecule has 4 aliphatic carbocycles. The summed E-state index contributed by atoms with van der Waals surface area (Å²) < 4.78 is 0. The number of nitrogens with one attached hydrogen (secondary N) is 1. The van der Waals surface area contributed by atoms with Gasteiger partial charge in [-0.25, -0.2) is 0 Å². The highest BCUT2D eigenvalue weighted by Crippen LogP contribution is 2.46. The van der Waals surface area contributed by atoms with Crippen LogP contribution in [0.2, 0.25) is 0 Å². The van der Waals surface area contributed by atoms with Crippen molar-refractivity contribution in [3.63, 3.8) is 0 Å². The first kappa shape index (κ1) is 11.8. The van der Waals surface area contributed by atoms with Crippen LogP contribution in [-0.4, -0.2) is 12.1 Å². The zero-order chi connectivity index (χ0) is 11.9. The summed E-state index contributed by atoms with van der Waals surface area (Å²) in [5.74, 6) is 4.35. The number of hydrogen-bond donors (Lipinski definition) is 1. The highest BCUT2D eigenvalue weighted by atomic mass is 15.0. The third-order valence-corrected chi connectivity index (χ3v) is 6.73. The summed E-state index contributed by atoms with van der Waals surface area (Å²) in [7, 11) is 0. The molecule has 1 N–H and O–H groups in total. The van der Waals surface area contributed by atoms with Gasteiger partial charge in [-0.3, -0.25) is 0 Å². The number of hydrogen-bond acceptors (Lipinski definition) is 1. The van der Waals surface area contributed by atoms with Gasteiger partial charge < -0.3 is 5.32 Å². The van der Waals surface area contributed by atoms with Crippen LogP contribution >= 0.6 is 0 Å². The maximum atomic E-state index is 4.08. The first-order valence-corrected chi connectivity index (χ1v) is 8.64. The zero-order valence-electron chi connectivity index (χ0n) is 11.7. The fraction of sp³-hybridized carbons (Fsp3) is 1.00. The summed E-state index contributed by atoms with van der Waals surface area (Å²) in [6.07, 6.45) is 16.8. The van der Waals surface area contributed by atoms with Crippen molar-refractivity contribution >= 4 is 0 Å². The topological polar surface area (TPSA) is 12.0 Å².